The van der Waals surface area contributed by atoms with Crippen molar-refractivity contribution in [2.24, 2.45) is 10.1 Å². The number of rotatable bonds is 6. The van der Waals surface area contributed by atoms with E-state index in [4.69, 9.17) is 5.10 Å². The molecule has 1 fully saturated rings. The van der Waals surface area contributed by atoms with Gasteiger partial charge in [-0.3, -0.25) is 4.99 Å². The topological polar surface area (TPSA) is 38.9 Å². The highest BCUT2D eigenvalue weighted by Crippen LogP contribution is 2.32. The van der Waals surface area contributed by atoms with Gasteiger partial charge in [0, 0.05) is 18.0 Å². The lowest BCUT2D eigenvalue weighted by atomic mass is 9.84. The van der Waals surface area contributed by atoms with Gasteiger partial charge >= 0.3 is 6.61 Å². The first-order valence-electron chi connectivity index (χ1n) is 10.9. The van der Waals surface area contributed by atoms with Gasteiger partial charge in [-0.15, -0.1) is 11.3 Å². The van der Waals surface area contributed by atoms with Crippen molar-refractivity contribution >= 4 is 17.0 Å². The zero-order valence-corrected chi connectivity index (χ0v) is 19.1. The number of alkyl halides is 2. The molecule has 3 aromatic rings. The summed E-state index contributed by atoms with van der Waals surface area (Å²) < 4.78 is 31.1. The fourth-order valence-corrected chi connectivity index (χ4v) is 4.99. The summed E-state index contributed by atoms with van der Waals surface area (Å²) in [6.07, 6.45) is 6.56. The summed E-state index contributed by atoms with van der Waals surface area (Å²) in [7, 11) is 1.73. The van der Waals surface area contributed by atoms with E-state index in [0.29, 0.717) is 5.92 Å². The van der Waals surface area contributed by atoms with Crippen LogP contribution in [0, 0.1) is 0 Å². The van der Waals surface area contributed by atoms with Crippen molar-refractivity contribution in [3.8, 4) is 17.0 Å². The minimum Gasteiger partial charge on any atom is -0.435 e. The second-order valence-corrected chi connectivity index (χ2v) is 8.82. The fourth-order valence-electron chi connectivity index (χ4n) is 4.19. The zero-order valence-electron chi connectivity index (χ0n) is 18.3. The molecule has 0 bridgehead atoms. The van der Waals surface area contributed by atoms with Crippen molar-refractivity contribution in [3.63, 3.8) is 0 Å². The lowest BCUT2D eigenvalue weighted by Gasteiger charge is -2.22. The van der Waals surface area contributed by atoms with E-state index >= 15 is 0 Å². The Morgan fingerprint density at radius 2 is 1.72 bits per heavy atom. The highest BCUT2D eigenvalue weighted by Gasteiger charge is 2.15. The van der Waals surface area contributed by atoms with Gasteiger partial charge in [-0.25, -0.2) is 4.68 Å². The number of aromatic nitrogens is 1. The summed E-state index contributed by atoms with van der Waals surface area (Å²) in [5, 5.41) is 6.81. The lowest BCUT2D eigenvalue weighted by Crippen LogP contribution is -2.14. The fraction of sp³-hybridized carbons (Fsp3) is 0.360. The van der Waals surface area contributed by atoms with Crippen molar-refractivity contribution in [2.45, 2.75) is 51.6 Å². The summed E-state index contributed by atoms with van der Waals surface area (Å²) in [5.41, 5.74) is 5.06. The summed E-state index contributed by atoms with van der Waals surface area (Å²) >= 11 is 1.48. The monoisotopic (exact) mass is 455 g/mol. The summed E-state index contributed by atoms with van der Waals surface area (Å²) in [4.78, 5) is 5.10. The minimum absolute atomic E-state index is 0.128. The van der Waals surface area contributed by atoms with Gasteiger partial charge in [-0.05, 0) is 61.1 Å². The molecule has 168 valence electrons. The maximum absolute atomic E-state index is 12.4. The van der Waals surface area contributed by atoms with E-state index in [9.17, 15) is 8.78 Å². The van der Waals surface area contributed by atoms with Crippen LogP contribution in [0.4, 0.5) is 8.78 Å². The van der Waals surface area contributed by atoms with Gasteiger partial charge in [0.15, 0.2) is 0 Å². The van der Waals surface area contributed by atoms with Gasteiger partial charge in [0.25, 0.3) is 0 Å². The molecule has 1 aliphatic carbocycles. The van der Waals surface area contributed by atoms with Crippen LogP contribution >= 0.6 is 11.3 Å². The van der Waals surface area contributed by atoms with E-state index in [0.717, 1.165) is 27.3 Å². The van der Waals surface area contributed by atoms with Crippen LogP contribution in [0.2, 0.25) is 0 Å². The molecular weight excluding hydrogens is 428 g/mol. The standard InChI is InChI=1S/C25H27F2N3OS/c1-17(18-8-10-20(11-9-18)19-6-4-3-5-7-19)29-30-23(16-32-25(30)28-2)21-12-14-22(15-13-21)31-24(26)27/h8-16,19,24H,3-7H2,1-2H3/b28-25?,29-17-. The Kier molecular flexibility index (Phi) is 7.15. The van der Waals surface area contributed by atoms with Gasteiger partial charge in [0.05, 0.1) is 11.4 Å². The molecule has 0 aliphatic heterocycles. The molecule has 0 radical (unpaired) electrons. The average Bonchev–Trinajstić information content (AvgIpc) is 3.22. The number of halogens is 2. The van der Waals surface area contributed by atoms with Crippen molar-refractivity contribution in [1.29, 1.82) is 0 Å². The lowest BCUT2D eigenvalue weighted by molar-refractivity contribution is -0.0498. The molecule has 0 N–H and O–H groups in total. The van der Waals surface area contributed by atoms with E-state index in [1.54, 1.807) is 23.9 Å². The predicted octanol–water partition coefficient (Wildman–Crippen LogP) is 6.67. The molecule has 1 aromatic heterocycles. The SMILES string of the molecule is CN=c1scc(-c2ccc(OC(F)F)cc2)n1/N=C(/C)c1ccc(C2CCCCC2)cc1. The number of thiazole rings is 1. The van der Waals surface area contributed by atoms with E-state index in [1.807, 2.05) is 12.3 Å². The highest BCUT2D eigenvalue weighted by molar-refractivity contribution is 7.07. The summed E-state index contributed by atoms with van der Waals surface area (Å²) in [6.45, 7) is -0.850. The van der Waals surface area contributed by atoms with Gasteiger partial charge in [0.1, 0.15) is 5.75 Å². The Morgan fingerprint density at radius 3 is 2.34 bits per heavy atom. The number of nitrogens with zero attached hydrogens (tertiary/aromatic N) is 3. The quantitative estimate of drug-likeness (QED) is 0.383. The van der Waals surface area contributed by atoms with Crippen LogP contribution in [-0.2, 0) is 0 Å². The molecule has 4 rings (SSSR count). The van der Waals surface area contributed by atoms with Crippen molar-refractivity contribution < 1.29 is 13.5 Å². The number of hydrogen-bond donors (Lipinski definition) is 0. The predicted molar refractivity (Wildman–Crippen MR) is 126 cm³/mol. The number of benzene rings is 2. The summed E-state index contributed by atoms with van der Waals surface area (Å²) in [6, 6.07) is 15.3. The Bertz CT molecular complexity index is 1130. The average molecular weight is 456 g/mol. The molecule has 0 amide bonds. The Balaban J connectivity index is 1.61. The Labute approximate surface area is 190 Å². The first-order valence-corrected chi connectivity index (χ1v) is 11.8. The molecule has 1 aliphatic rings. The molecular formula is C25H27F2N3OS. The third-order valence-corrected chi connectivity index (χ3v) is 6.81. The van der Waals surface area contributed by atoms with E-state index in [1.165, 1.54) is 61.1 Å². The number of ether oxygens (including phenoxy) is 1. The summed E-state index contributed by atoms with van der Waals surface area (Å²) in [5.74, 6) is 0.805. The first kappa shape index (κ1) is 22.4. The molecule has 32 heavy (non-hydrogen) atoms. The van der Waals surface area contributed by atoms with Crippen LogP contribution in [0.3, 0.4) is 0 Å². The Morgan fingerprint density at radius 1 is 1.03 bits per heavy atom. The molecule has 0 atom stereocenters. The third-order valence-electron chi connectivity index (χ3n) is 5.91. The molecule has 1 heterocycles. The maximum Gasteiger partial charge on any atom is 0.387 e. The molecule has 7 heteroatoms. The van der Waals surface area contributed by atoms with Gasteiger partial charge in [-0.1, -0.05) is 43.5 Å². The van der Waals surface area contributed by atoms with Crippen LogP contribution in [0.1, 0.15) is 56.1 Å². The van der Waals surface area contributed by atoms with Crippen molar-refractivity contribution in [3.05, 3.63) is 69.8 Å². The largest absolute Gasteiger partial charge is 0.435 e. The molecule has 2 aromatic carbocycles. The minimum atomic E-state index is -2.84. The molecule has 4 nitrogen and oxygen atoms in total. The second kappa shape index (κ2) is 10.2. The van der Waals surface area contributed by atoms with Gasteiger partial charge in [-0.2, -0.15) is 13.9 Å². The van der Waals surface area contributed by atoms with Crippen molar-refractivity contribution in [2.75, 3.05) is 7.05 Å². The molecule has 0 unspecified atom stereocenters. The maximum atomic E-state index is 12.4. The van der Waals surface area contributed by atoms with Crippen LogP contribution < -0.4 is 9.54 Å². The van der Waals surface area contributed by atoms with Crippen LogP contribution in [0.5, 0.6) is 5.75 Å². The third kappa shape index (κ3) is 5.15. The zero-order chi connectivity index (χ0) is 22.5. The number of hydrogen-bond acceptors (Lipinski definition) is 4. The molecule has 0 saturated heterocycles. The molecule has 0 spiro atoms. The Hall–Kier alpha value is -2.80. The van der Waals surface area contributed by atoms with Crippen LogP contribution in [-0.4, -0.2) is 24.0 Å². The second-order valence-electron chi connectivity index (χ2n) is 7.98. The van der Waals surface area contributed by atoms with Crippen LogP contribution in [0.15, 0.2) is 64.0 Å². The van der Waals surface area contributed by atoms with E-state index < -0.39 is 6.61 Å². The first-order chi connectivity index (χ1) is 15.5. The normalized spacial score (nSPS) is 16.0. The smallest absolute Gasteiger partial charge is 0.387 e. The van der Waals surface area contributed by atoms with Crippen LogP contribution in [0.25, 0.3) is 11.3 Å². The van der Waals surface area contributed by atoms with E-state index in [2.05, 4.69) is 34.0 Å². The molecule has 1 saturated carbocycles. The van der Waals surface area contributed by atoms with Gasteiger partial charge < -0.3 is 4.74 Å². The van der Waals surface area contributed by atoms with Gasteiger partial charge in [0.2, 0.25) is 4.80 Å². The van der Waals surface area contributed by atoms with E-state index in [-0.39, 0.29) is 5.75 Å². The highest BCUT2D eigenvalue weighted by atomic mass is 32.1. The van der Waals surface area contributed by atoms with Crippen molar-refractivity contribution in [1.82, 2.24) is 4.68 Å².